The highest BCUT2D eigenvalue weighted by atomic mass is 35.5. The quantitative estimate of drug-likeness (QED) is 0.782. The number of halogens is 1. The smallest absolute Gasteiger partial charge is 0.119 e. The van der Waals surface area contributed by atoms with E-state index in [1.807, 2.05) is 0 Å². The second-order valence-corrected chi connectivity index (χ2v) is 3.43. The lowest BCUT2D eigenvalue weighted by Gasteiger charge is -2.10. The van der Waals surface area contributed by atoms with Gasteiger partial charge in [0.15, 0.2) is 0 Å². The molecule has 0 aliphatic carbocycles. The van der Waals surface area contributed by atoms with Crippen LogP contribution in [0.4, 0.5) is 0 Å². The van der Waals surface area contributed by atoms with Crippen LogP contribution < -0.4 is 10.5 Å². The summed E-state index contributed by atoms with van der Waals surface area (Å²) in [5.74, 6) is 0.700. The molecule has 0 aliphatic heterocycles. The Balaban J connectivity index is 2.34. The van der Waals surface area contributed by atoms with Gasteiger partial charge in [0.2, 0.25) is 0 Å². The minimum Gasteiger partial charge on any atom is -0.491 e. The van der Waals surface area contributed by atoms with Gasteiger partial charge in [-0.2, -0.15) is 0 Å². The molecule has 0 heterocycles. The minimum absolute atomic E-state index is 0.263. The Kier molecular flexibility index (Phi) is 4.73. The highest BCUT2D eigenvalue weighted by molar-refractivity contribution is 6.30. The average Bonchev–Trinajstić information content (AvgIpc) is 2.17. The van der Waals surface area contributed by atoms with Crippen LogP contribution in [-0.4, -0.2) is 24.4 Å². The number of hydrogen-bond donors (Lipinski definition) is 2. The molecule has 1 aromatic carbocycles. The first-order valence-corrected chi connectivity index (χ1v) is 4.86. The maximum absolute atomic E-state index is 9.33. The van der Waals surface area contributed by atoms with E-state index in [1.165, 1.54) is 0 Å². The zero-order valence-electron chi connectivity index (χ0n) is 7.82. The van der Waals surface area contributed by atoms with Crippen molar-refractivity contribution in [1.29, 1.82) is 0 Å². The summed E-state index contributed by atoms with van der Waals surface area (Å²) < 4.78 is 5.31. The zero-order valence-corrected chi connectivity index (χ0v) is 8.57. The first-order chi connectivity index (χ1) is 6.72. The lowest BCUT2D eigenvalue weighted by atomic mass is 10.3. The molecular formula is C10H14ClNO2. The van der Waals surface area contributed by atoms with Crippen molar-refractivity contribution in [3.05, 3.63) is 29.3 Å². The summed E-state index contributed by atoms with van der Waals surface area (Å²) in [7, 11) is 0. The first kappa shape index (κ1) is 11.3. The van der Waals surface area contributed by atoms with Gasteiger partial charge in [0.25, 0.3) is 0 Å². The fourth-order valence-corrected chi connectivity index (χ4v) is 1.12. The molecule has 14 heavy (non-hydrogen) atoms. The Bertz CT molecular complexity index is 263. The van der Waals surface area contributed by atoms with E-state index in [4.69, 9.17) is 22.1 Å². The molecule has 0 aliphatic rings. The van der Waals surface area contributed by atoms with Gasteiger partial charge < -0.3 is 15.6 Å². The predicted octanol–water partition coefficient (Wildman–Crippen LogP) is 1.43. The van der Waals surface area contributed by atoms with Gasteiger partial charge in [-0.25, -0.2) is 0 Å². The Morgan fingerprint density at radius 1 is 1.36 bits per heavy atom. The van der Waals surface area contributed by atoms with Crippen LogP contribution in [0.1, 0.15) is 6.42 Å². The summed E-state index contributed by atoms with van der Waals surface area (Å²) in [5.41, 5.74) is 5.29. The molecule has 0 bridgehead atoms. The molecule has 3 nitrogen and oxygen atoms in total. The summed E-state index contributed by atoms with van der Waals surface area (Å²) in [6.45, 7) is 0.726. The van der Waals surface area contributed by atoms with E-state index in [1.54, 1.807) is 24.3 Å². The molecule has 1 atom stereocenters. The minimum atomic E-state index is -0.504. The van der Waals surface area contributed by atoms with Crippen molar-refractivity contribution in [3.8, 4) is 5.75 Å². The number of nitrogens with two attached hydrogens (primary N) is 1. The number of aliphatic hydroxyl groups excluding tert-OH is 1. The average molecular weight is 216 g/mol. The molecule has 1 rings (SSSR count). The van der Waals surface area contributed by atoms with Crippen molar-refractivity contribution in [3.63, 3.8) is 0 Å². The SMILES string of the molecule is NCC[C@@H](O)COc1ccc(Cl)cc1. The molecule has 0 amide bonds. The number of benzene rings is 1. The van der Waals surface area contributed by atoms with Gasteiger partial charge in [-0.05, 0) is 37.2 Å². The maximum Gasteiger partial charge on any atom is 0.119 e. The van der Waals surface area contributed by atoms with Crippen molar-refractivity contribution < 1.29 is 9.84 Å². The maximum atomic E-state index is 9.33. The third-order valence-electron chi connectivity index (χ3n) is 1.76. The Morgan fingerprint density at radius 2 is 2.00 bits per heavy atom. The molecular weight excluding hydrogens is 202 g/mol. The second-order valence-electron chi connectivity index (χ2n) is 3.00. The van der Waals surface area contributed by atoms with E-state index in [0.29, 0.717) is 23.7 Å². The van der Waals surface area contributed by atoms with E-state index in [0.717, 1.165) is 0 Å². The van der Waals surface area contributed by atoms with Crippen molar-refractivity contribution in [2.24, 2.45) is 5.73 Å². The van der Waals surface area contributed by atoms with Gasteiger partial charge in [0, 0.05) is 5.02 Å². The van der Waals surface area contributed by atoms with Crippen LogP contribution >= 0.6 is 11.6 Å². The molecule has 0 unspecified atom stereocenters. The molecule has 78 valence electrons. The third-order valence-corrected chi connectivity index (χ3v) is 2.01. The standard InChI is InChI=1S/C10H14ClNO2/c11-8-1-3-10(4-2-8)14-7-9(13)5-6-12/h1-4,9,13H,5-7,12H2/t9-/m1/s1. The fraction of sp³-hybridized carbons (Fsp3) is 0.400. The van der Waals surface area contributed by atoms with Crippen LogP contribution in [0.15, 0.2) is 24.3 Å². The van der Waals surface area contributed by atoms with Crippen LogP contribution in [0.2, 0.25) is 5.02 Å². The van der Waals surface area contributed by atoms with E-state index < -0.39 is 6.10 Å². The highest BCUT2D eigenvalue weighted by Gasteiger charge is 2.03. The molecule has 1 aromatic rings. The van der Waals surface area contributed by atoms with Crippen molar-refractivity contribution in [1.82, 2.24) is 0 Å². The second kappa shape index (κ2) is 5.86. The van der Waals surface area contributed by atoms with Crippen molar-refractivity contribution in [2.45, 2.75) is 12.5 Å². The van der Waals surface area contributed by atoms with Gasteiger partial charge in [0.05, 0.1) is 6.10 Å². The zero-order chi connectivity index (χ0) is 10.4. The normalized spacial score (nSPS) is 12.5. The lowest BCUT2D eigenvalue weighted by molar-refractivity contribution is 0.102. The Labute approximate surface area is 88.4 Å². The monoisotopic (exact) mass is 215 g/mol. The van der Waals surface area contributed by atoms with Crippen LogP contribution in [0.5, 0.6) is 5.75 Å². The summed E-state index contributed by atoms with van der Waals surface area (Å²) in [4.78, 5) is 0. The summed E-state index contributed by atoms with van der Waals surface area (Å²) in [6.07, 6.45) is 0.0452. The molecule has 0 spiro atoms. The molecule has 4 heteroatoms. The number of rotatable bonds is 5. The number of ether oxygens (including phenoxy) is 1. The third kappa shape index (κ3) is 3.96. The van der Waals surface area contributed by atoms with E-state index >= 15 is 0 Å². The molecule has 0 radical (unpaired) electrons. The van der Waals surface area contributed by atoms with Gasteiger partial charge in [-0.15, -0.1) is 0 Å². The number of aliphatic hydroxyl groups is 1. The summed E-state index contributed by atoms with van der Waals surface area (Å²) in [5, 5.41) is 10.0. The number of hydrogen-bond acceptors (Lipinski definition) is 3. The molecule has 0 aromatic heterocycles. The molecule has 0 fully saturated rings. The van der Waals surface area contributed by atoms with Gasteiger partial charge >= 0.3 is 0 Å². The van der Waals surface area contributed by atoms with Crippen molar-refractivity contribution in [2.75, 3.05) is 13.2 Å². The van der Waals surface area contributed by atoms with Crippen LogP contribution in [0.3, 0.4) is 0 Å². The Morgan fingerprint density at radius 3 is 2.57 bits per heavy atom. The van der Waals surface area contributed by atoms with E-state index in [9.17, 15) is 5.11 Å². The van der Waals surface area contributed by atoms with Gasteiger partial charge in [0.1, 0.15) is 12.4 Å². The predicted molar refractivity (Wildman–Crippen MR) is 56.6 cm³/mol. The van der Waals surface area contributed by atoms with Crippen LogP contribution in [0.25, 0.3) is 0 Å². The fourth-order valence-electron chi connectivity index (χ4n) is 0.999. The molecule has 0 saturated heterocycles. The van der Waals surface area contributed by atoms with E-state index in [2.05, 4.69) is 0 Å². The summed E-state index contributed by atoms with van der Waals surface area (Å²) >= 11 is 5.70. The lowest BCUT2D eigenvalue weighted by Crippen LogP contribution is -2.21. The topological polar surface area (TPSA) is 55.5 Å². The largest absolute Gasteiger partial charge is 0.491 e. The Hall–Kier alpha value is -0.770. The van der Waals surface area contributed by atoms with Crippen LogP contribution in [0, 0.1) is 0 Å². The van der Waals surface area contributed by atoms with Gasteiger partial charge in [-0.1, -0.05) is 11.6 Å². The first-order valence-electron chi connectivity index (χ1n) is 4.49. The van der Waals surface area contributed by atoms with Crippen molar-refractivity contribution >= 4 is 11.6 Å². The molecule has 3 N–H and O–H groups in total. The summed E-state index contributed by atoms with van der Waals surface area (Å²) in [6, 6.07) is 7.01. The highest BCUT2D eigenvalue weighted by Crippen LogP contribution is 2.15. The van der Waals surface area contributed by atoms with Gasteiger partial charge in [-0.3, -0.25) is 0 Å². The van der Waals surface area contributed by atoms with Crippen LogP contribution in [-0.2, 0) is 0 Å². The van der Waals surface area contributed by atoms with E-state index in [-0.39, 0.29) is 6.61 Å². The molecule has 0 saturated carbocycles.